The summed E-state index contributed by atoms with van der Waals surface area (Å²) in [6, 6.07) is 15.1. The Balaban J connectivity index is 1.36. The molecule has 3 aromatic carbocycles. The lowest BCUT2D eigenvalue weighted by molar-refractivity contribution is 0.101. The summed E-state index contributed by atoms with van der Waals surface area (Å²) in [7, 11) is 0. The maximum absolute atomic E-state index is 13.7. The number of imidazole rings is 1. The van der Waals surface area contributed by atoms with E-state index in [0.717, 1.165) is 17.7 Å². The molecule has 2 amide bonds. The van der Waals surface area contributed by atoms with Gasteiger partial charge in [-0.3, -0.25) is 9.59 Å². The molecular weight excluding hydrogens is 433 g/mol. The molecule has 1 heterocycles. The van der Waals surface area contributed by atoms with Gasteiger partial charge in [-0.2, -0.15) is 0 Å². The molecule has 4 aromatic rings. The molecule has 6 nitrogen and oxygen atoms in total. The summed E-state index contributed by atoms with van der Waals surface area (Å²) in [5.41, 5.74) is 1.71. The van der Waals surface area contributed by atoms with E-state index in [0.29, 0.717) is 23.9 Å². The van der Waals surface area contributed by atoms with Crippen molar-refractivity contribution in [3.8, 4) is 0 Å². The van der Waals surface area contributed by atoms with E-state index in [1.807, 2.05) is 0 Å². The average molecular weight is 450 g/mol. The van der Waals surface area contributed by atoms with E-state index in [-0.39, 0.29) is 17.3 Å². The fourth-order valence-electron chi connectivity index (χ4n) is 3.05. The van der Waals surface area contributed by atoms with E-state index in [2.05, 4.69) is 15.6 Å². The number of halogens is 3. The summed E-state index contributed by atoms with van der Waals surface area (Å²) in [5, 5.41) is 5.09. The number of anilines is 2. The van der Waals surface area contributed by atoms with Crippen molar-refractivity contribution < 1.29 is 22.8 Å². The van der Waals surface area contributed by atoms with Crippen molar-refractivity contribution in [2.45, 2.75) is 6.54 Å². The Morgan fingerprint density at radius 3 is 2.21 bits per heavy atom. The molecule has 0 saturated carbocycles. The molecule has 4 rings (SSSR count). The van der Waals surface area contributed by atoms with Gasteiger partial charge in [0.2, 0.25) is 0 Å². The van der Waals surface area contributed by atoms with Gasteiger partial charge in [0.15, 0.2) is 0 Å². The quantitative estimate of drug-likeness (QED) is 0.441. The van der Waals surface area contributed by atoms with Crippen molar-refractivity contribution in [2.75, 3.05) is 10.6 Å². The summed E-state index contributed by atoms with van der Waals surface area (Å²) in [6.07, 6.45) is 2.96. The van der Waals surface area contributed by atoms with Crippen LogP contribution in [0.15, 0.2) is 79.3 Å². The SMILES string of the molecule is O=C(Nc1ccc(Cn2cnc(C(=O)Nc3ccc(F)cc3F)c2)cc1)c1ccc(F)cc1. The molecule has 1 aromatic heterocycles. The highest BCUT2D eigenvalue weighted by atomic mass is 19.1. The van der Waals surface area contributed by atoms with Gasteiger partial charge in [-0.15, -0.1) is 0 Å². The molecule has 0 radical (unpaired) electrons. The Morgan fingerprint density at radius 1 is 0.818 bits per heavy atom. The number of aromatic nitrogens is 2. The van der Waals surface area contributed by atoms with Crippen LogP contribution in [0, 0.1) is 17.5 Å². The van der Waals surface area contributed by atoms with E-state index >= 15 is 0 Å². The standard InChI is InChI=1S/C24H17F3N4O2/c25-17-5-3-16(4-6-17)23(32)29-19-8-1-15(2-9-19)12-31-13-22(28-14-31)24(33)30-21-10-7-18(26)11-20(21)27/h1-11,13-14H,12H2,(H,29,32)(H,30,33). The number of amides is 2. The van der Waals surface area contributed by atoms with Crippen LogP contribution in [0.25, 0.3) is 0 Å². The van der Waals surface area contributed by atoms with E-state index < -0.39 is 23.4 Å². The Kier molecular flexibility index (Phi) is 6.21. The highest BCUT2D eigenvalue weighted by Crippen LogP contribution is 2.17. The molecule has 0 atom stereocenters. The topological polar surface area (TPSA) is 76.0 Å². The monoisotopic (exact) mass is 450 g/mol. The molecular formula is C24H17F3N4O2. The maximum atomic E-state index is 13.7. The number of carbonyl (C=O) groups excluding carboxylic acids is 2. The molecule has 0 spiro atoms. The molecule has 9 heteroatoms. The maximum Gasteiger partial charge on any atom is 0.275 e. The van der Waals surface area contributed by atoms with Crippen LogP contribution in [0.4, 0.5) is 24.5 Å². The Hall–Kier alpha value is -4.40. The van der Waals surface area contributed by atoms with Crippen LogP contribution < -0.4 is 10.6 Å². The number of carbonyl (C=O) groups is 2. The molecule has 33 heavy (non-hydrogen) atoms. The molecule has 0 aliphatic carbocycles. The fraction of sp³-hybridized carbons (Fsp3) is 0.0417. The van der Waals surface area contributed by atoms with E-state index in [1.165, 1.54) is 36.8 Å². The largest absolute Gasteiger partial charge is 0.332 e. The van der Waals surface area contributed by atoms with Crippen molar-refractivity contribution >= 4 is 23.2 Å². The first-order valence-electron chi connectivity index (χ1n) is 9.81. The lowest BCUT2D eigenvalue weighted by atomic mass is 10.1. The molecule has 0 saturated heterocycles. The number of nitrogens with zero attached hydrogens (tertiary/aromatic N) is 2. The lowest BCUT2D eigenvalue weighted by Gasteiger charge is -2.07. The van der Waals surface area contributed by atoms with Crippen LogP contribution >= 0.6 is 0 Å². The van der Waals surface area contributed by atoms with Gasteiger partial charge in [-0.1, -0.05) is 12.1 Å². The molecule has 2 N–H and O–H groups in total. The van der Waals surface area contributed by atoms with Gasteiger partial charge in [0, 0.05) is 30.1 Å². The number of rotatable bonds is 6. The number of hydrogen-bond donors (Lipinski definition) is 2. The van der Waals surface area contributed by atoms with E-state index in [9.17, 15) is 22.8 Å². The highest BCUT2D eigenvalue weighted by Gasteiger charge is 2.13. The Labute approximate surface area is 186 Å². The second-order valence-electron chi connectivity index (χ2n) is 7.17. The molecule has 0 bridgehead atoms. The third kappa shape index (κ3) is 5.45. The van der Waals surface area contributed by atoms with Gasteiger partial charge in [-0.05, 0) is 54.1 Å². The van der Waals surface area contributed by atoms with E-state index in [4.69, 9.17) is 0 Å². The summed E-state index contributed by atoms with van der Waals surface area (Å²) in [5.74, 6) is -3.02. The zero-order chi connectivity index (χ0) is 23.4. The zero-order valence-corrected chi connectivity index (χ0v) is 17.1. The van der Waals surface area contributed by atoms with Crippen LogP contribution in [0.5, 0.6) is 0 Å². The second kappa shape index (κ2) is 9.39. The number of benzene rings is 3. The minimum absolute atomic E-state index is 0.0712. The van der Waals surface area contributed by atoms with Gasteiger partial charge in [0.05, 0.1) is 12.0 Å². The summed E-state index contributed by atoms with van der Waals surface area (Å²) in [6.45, 7) is 0.400. The number of hydrogen-bond acceptors (Lipinski definition) is 3. The number of nitrogens with one attached hydrogen (secondary N) is 2. The Bertz CT molecular complexity index is 1300. The smallest absolute Gasteiger partial charge is 0.275 e. The fourth-order valence-corrected chi connectivity index (χ4v) is 3.05. The molecule has 0 aliphatic heterocycles. The normalized spacial score (nSPS) is 10.6. The van der Waals surface area contributed by atoms with Crippen LogP contribution in [0.3, 0.4) is 0 Å². The summed E-state index contributed by atoms with van der Waals surface area (Å²) in [4.78, 5) is 28.5. The van der Waals surface area contributed by atoms with Crippen LogP contribution in [0.1, 0.15) is 26.4 Å². The summed E-state index contributed by atoms with van der Waals surface area (Å²) < 4.78 is 41.4. The van der Waals surface area contributed by atoms with Crippen LogP contribution in [0.2, 0.25) is 0 Å². The second-order valence-corrected chi connectivity index (χ2v) is 7.17. The highest BCUT2D eigenvalue weighted by molar-refractivity contribution is 6.04. The lowest BCUT2D eigenvalue weighted by Crippen LogP contribution is -2.13. The minimum Gasteiger partial charge on any atom is -0.332 e. The van der Waals surface area contributed by atoms with Crippen molar-refractivity contribution in [1.29, 1.82) is 0 Å². The molecule has 166 valence electrons. The van der Waals surface area contributed by atoms with Crippen LogP contribution in [-0.2, 0) is 6.54 Å². The van der Waals surface area contributed by atoms with Gasteiger partial charge in [-0.25, -0.2) is 18.2 Å². The van der Waals surface area contributed by atoms with Gasteiger partial charge in [0.25, 0.3) is 11.8 Å². The predicted octanol–water partition coefficient (Wildman–Crippen LogP) is 4.85. The van der Waals surface area contributed by atoms with Crippen molar-refractivity contribution in [3.63, 3.8) is 0 Å². The van der Waals surface area contributed by atoms with Gasteiger partial charge in [0.1, 0.15) is 23.1 Å². The van der Waals surface area contributed by atoms with E-state index in [1.54, 1.807) is 28.8 Å². The minimum atomic E-state index is -0.880. The van der Waals surface area contributed by atoms with Gasteiger partial charge >= 0.3 is 0 Å². The molecule has 0 fully saturated rings. The van der Waals surface area contributed by atoms with Crippen molar-refractivity contribution in [3.05, 3.63) is 114 Å². The average Bonchev–Trinajstić information content (AvgIpc) is 3.26. The zero-order valence-electron chi connectivity index (χ0n) is 17.1. The van der Waals surface area contributed by atoms with Crippen LogP contribution in [-0.4, -0.2) is 21.4 Å². The molecule has 0 aliphatic rings. The Morgan fingerprint density at radius 2 is 1.52 bits per heavy atom. The first kappa shape index (κ1) is 21.8. The summed E-state index contributed by atoms with van der Waals surface area (Å²) >= 11 is 0. The third-order valence-electron chi connectivity index (χ3n) is 4.73. The van der Waals surface area contributed by atoms with Crippen molar-refractivity contribution in [2.24, 2.45) is 0 Å². The molecule has 0 unspecified atom stereocenters. The van der Waals surface area contributed by atoms with Crippen molar-refractivity contribution in [1.82, 2.24) is 9.55 Å². The predicted molar refractivity (Wildman–Crippen MR) is 116 cm³/mol. The van der Waals surface area contributed by atoms with Gasteiger partial charge < -0.3 is 15.2 Å². The first-order valence-corrected chi connectivity index (χ1v) is 9.81. The first-order chi connectivity index (χ1) is 15.9. The third-order valence-corrected chi connectivity index (χ3v) is 4.73.